The van der Waals surface area contributed by atoms with Crippen molar-refractivity contribution in [1.29, 1.82) is 0 Å². The summed E-state index contributed by atoms with van der Waals surface area (Å²) in [5.74, 6) is 6.74. The van der Waals surface area contributed by atoms with Gasteiger partial charge >= 0.3 is 0 Å². The molecule has 0 saturated carbocycles. The molecule has 107 heavy (non-hydrogen) atoms. The van der Waals surface area contributed by atoms with Crippen molar-refractivity contribution in [3.05, 3.63) is 126 Å². The third-order valence-electron chi connectivity index (χ3n) is 18.5. The minimum Gasteiger partial charge on any atom is -0.388 e. The summed E-state index contributed by atoms with van der Waals surface area (Å²) >= 11 is 4.44. The number of likely N-dealkylation sites (tertiary alicyclic amines) is 1. The Balaban J connectivity index is 0.000000432. The second-order valence-electron chi connectivity index (χ2n) is 29.8. The quantitative estimate of drug-likeness (QED) is 0.0237. The summed E-state index contributed by atoms with van der Waals surface area (Å²) in [6, 6.07) is 36.3. The number of aryl methyl sites for hydroxylation is 3. The first-order valence-corrected chi connectivity index (χ1v) is 39.4. The maximum Gasteiger partial charge on any atom is 0.224 e. The van der Waals surface area contributed by atoms with E-state index in [-0.39, 0.29) is 40.1 Å². The lowest BCUT2D eigenvalue weighted by atomic mass is 9.81. The van der Waals surface area contributed by atoms with Gasteiger partial charge in [-0.25, -0.2) is 29.9 Å². The van der Waals surface area contributed by atoms with E-state index < -0.39 is 5.60 Å². The molecule has 9 aromatic rings. The molecule has 2 unspecified atom stereocenters. The minimum atomic E-state index is -0.748. The van der Waals surface area contributed by atoms with E-state index in [2.05, 4.69) is 136 Å². The molecule has 6 aromatic heterocycles. The fraction of sp³-hybridized carbons (Fsp3) is 0.455. The van der Waals surface area contributed by atoms with Crippen molar-refractivity contribution < 1.29 is 30.9 Å². The molecule has 3 amide bonds. The number of β-amino-alcohol motifs (C(OH)–C–C–N with tert-alkyl or cyclic N) is 1. The van der Waals surface area contributed by atoms with Crippen molar-refractivity contribution in [3.63, 3.8) is 0 Å². The van der Waals surface area contributed by atoms with E-state index in [1.165, 1.54) is 54.7 Å². The number of hydrogen-bond donors (Lipinski definition) is 11. The number of hydrogen-bond acceptors (Lipinski definition) is 24. The molecule has 584 valence electrons. The molecule has 10 heterocycles. The van der Waals surface area contributed by atoms with E-state index in [9.17, 15) is 19.5 Å². The van der Waals surface area contributed by atoms with Crippen LogP contribution in [0.1, 0.15) is 156 Å². The molecule has 0 spiro atoms. The molecule has 30 heteroatoms. The lowest BCUT2D eigenvalue weighted by molar-refractivity contribution is -0.116. The van der Waals surface area contributed by atoms with Crippen LogP contribution in [0.3, 0.4) is 0 Å². The van der Waals surface area contributed by atoms with Crippen molar-refractivity contribution in [2.24, 2.45) is 5.41 Å². The molecule has 3 aromatic carbocycles. The van der Waals surface area contributed by atoms with E-state index in [0.717, 1.165) is 136 Å². The zero-order valence-electron chi connectivity index (χ0n) is 63.6. The molecule has 4 saturated heterocycles. The zero-order valence-corrected chi connectivity index (χ0v) is 66.1. The molecular weight excluding hydrogens is 1410 g/mol. The minimum absolute atomic E-state index is 0. The number of anilines is 12. The van der Waals surface area contributed by atoms with Crippen molar-refractivity contribution >= 4 is 122 Å². The van der Waals surface area contributed by atoms with Gasteiger partial charge in [-0.2, -0.15) is 15.3 Å². The van der Waals surface area contributed by atoms with Gasteiger partial charge in [-0.05, 0) is 193 Å². The molecule has 0 bridgehead atoms. The van der Waals surface area contributed by atoms with Gasteiger partial charge in [0.15, 0.2) is 32.9 Å². The summed E-state index contributed by atoms with van der Waals surface area (Å²) < 4.78 is 0. The Morgan fingerprint density at radius 3 is 1.28 bits per heavy atom. The summed E-state index contributed by atoms with van der Waals surface area (Å²) in [4.78, 5) is 76.3. The third-order valence-corrected chi connectivity index (χ3v) is 21.1. The van der Waals surface area contributed by atoms with E-state index >= 15 is 0 Å². The smallest absolute Gasteiger partial charge is 0.224 e. The molecule has 27 nitrogen and oxygen atoms in total. The van der Waals surface area contributed by atoms with Gasteiger partial charge in [0.25, 0.3) is 0 Å². The van der Waals surface area contributed by atoms with Crippen LogP contribution in [0.25, 0.3) is 0 Å². The Morgan fingerprint density at radius 2 is 0.925 bits per heavy atom. The molecule has 3 atom stereocenters. The van der Waals surface area contributed by atoms with Gasteiger partial charge in [-0.3, -0.25) is 34.6 Å². The Bertz CT molecular complexity index is 4490. The van der Waals surface area contributed by atoms with Crippen LogP contribution >= 0.6 is 35.3 Å². The van der Waals surface area contributed by atoms with E-state index in [1.807, 2.05) is 151 Å². The highest BCUT2D eigenvalue weighted by Gasteiger charge is 2.41. The van der Waals surface area contributed by atoms with Crippen molar-refractivity contribution in [3.8, 4) is 0 Å². The van der Waals surface area contributed by atoms with Crippen LogP contribution in [0.4, 0.5) is 69.4 Å². The SMILES string of the molecule is CCC(=O)Nc1ccc(Sc2nc(Nc3cc(C)[nH]n3)cc(N3CCC(N4CCCC4(C)C)C3)n2)cc1.CCC(=O)Nc1ccc(Sc2nc(Nc3cc(C)[nH]n3)cc(N3CCC(O)(CC(C)(C)C)C3)n2)cc1.CCC(=O)Nc1ccc(Sc2nc(Nc3cc(C)[nH]n3)cc(N3CC[C@@H](NC(C)C)C3)n2)cc1.[HH].[HH].[HH].[HH].[HH].[HH].[HH].[HH]. The van der Waals surface area contributed by atoms with Crippen LogP contribution in [0.2, 0.25) is 0 Å². The number of benzene rings is 3. The van der Waals surface area contributed by atoms with Crippen molar-refractivity contribution in [1.82, 2.24) is 70.7 Å². The number of aliphatic hydroxyl groups is 1. The molecule has 4 aliphatic heterocycles. The molecule has 13 rings (SSSR count). The molecule has 0 aliphatic carbocycles. The molecule has 4 aliphatic rings. The first kappa shape index (κ1) is 78.7. The summed E-state index contributed by atoms with van der Waals surface area (Å²) in [5, 5.41) is 57.0. The van der Waals surface area contributed by atoms with Crippen LogP contribution < -0.4 is 51.9 Å². The van der Waals surface area contributed by atoms with Gasteiger partial charge in [0.05, 0.1) is 5.60 Å². The Hall–Kier alpha value is -9.33. The first-order valence-electron chi connectivity index (χ1n) is 36.9. The van der Waals surface area contributed by atoms with Crippen molar-refractivity contribution in [2.45, 2.75) is 207 Å². The van der Waals surface area contributed by atoms with Gasteiger partial charge in [0.1, 0.15) is 34.9 Å². The van der Waals surface area contributed by atoms with Gasteiger partial charge < -0.3 is 57.0 Å². The maximum absolute atomic E-state index is 11.7. The second kappa shape index (κ2) is 35.6. The molecular formula is C77H119N23O4S3. The highest BCUT2D eigenvalue weighted by atomic mass is 32.2. The lowest BCUT2D eigenvalue weighted by Gasteiger charge is -2.36. The first-order chi connectivity index (χ1) is 51.2. The highest BCUT2D eigenvalue weighted by Crippen LogP contribution is 2.40. The molecule has 11 N–H and O–H groups in total. The van der Waals surface area contributed by atoms with E-state index in [4.69, 9.17) is 29.9 Å². The number of nitrogens with zero attached hydrogens (tertiary/aromatic N) is 13. The summed E-state index contributed by atoms with van der Waals surface area (Å²) in [6.45, 7) is 33.2. The number of aromatic nitrogens is 12. The second-order valence-corrected chi connectivity index (χ2v) is 33.0. The van der Waals surface area contributed by atoms with E-state index in [1.54, 1.807) is 0 Å². The van der Waals surface area contributed by atoms with Gasteiger partial charge in [-0.15, -0.1) is 0 Å². The fourth-order valence-electron chi connectivity index (χ4n) is 13.5. The number of H-pyrrole nitrogens is 3. The number of rotatable bonds is 25. The number of amides is 3. The lowest BCUT2D eigenvalue weighted by Crippen LogP contribution is -2.46. The zero-order chi connectivity index (χ0) is 76.0. The predicted molar refractivity (Wildman–Crippen MR) is 447 cm³/mol. The van der Waals surface area contributed by atoms with Crippen LogP contribution in [0.5, 0.6) is 0 Å². The summed E-state index contributed by atoms with van der Waals surface area (Å²) in [5.41, 5.74) is 4.78. The molecule has 4 fully saturated rings. The highest BCUT2D eigenvalue weighted by molar-refractivity contribution is 7.99. The number of aromatic amines is 3. The van der Waals surface area contributed by atoms with Gasteiger partial charge in [-0.1, -0.05) is 55.4 Å². The van der Waals surface area contributed by atoms with E-state index in [0.29, 0.717) is 83.3 Å². The summed E-state index contributed by atoms with van der Waals surface area (Å²) in [6.07, 6.45) is 7.51. The predicted octanol–water partition coefficient (Wildman–Crippen LogP) is 16.6. The summed E-state index contributed by atoms with van der Waals surface area (Å²) in [7, 11) is 0. The van der Waals surface area contributed by atoms with Crippen LogP contribution in [-0.4, -0.2) is 163 Å². The maximum atomic E-state index is 11.7. The van der Waals surface area contributed by atoms with Crippen LogP contribution in [0.15, 0.2) is 139 Å². The Kier molecular flexibility index (Phi) is 26.2. The average molecular weight is 1530 g/mol. The number of carbonyl (C=O) groups excluding carboxylic acids is 3. The van der Waals surface area contributed by atoms with Gasteiger partial charge in [0, 0.05) is 179 Å². The number of nitrogens with one attached hydrogen (secondary N) is 10. The normalized spacial score (nSPS) is 17.7. The number of carbonyl (C=O) groups is 3. The van der Waals surface area contributed by atoms with Crippen LogP contribution in [0, 0.1) is 26.2 Å². The van der Waals surface area contributed by atoms with Crippen LogP contribution in [-0.2, 0) is 14.4 Å². The largest absolute Gasteiger partial charge is 0.388 e. The third kappa shape index (κ3) is 23.1. The average Bonchev–Trinajstić information content (AvgIpc) is 1.63. The molecule has 0 radical (unpaired) electrons. The van der Waals surface area contributed by atoms with Crippen molar-refractivity contribution in [2.75, 3.05) is 92.4 Å². The Morgan fingerprint density at radius 1 is 0.533 bits per heavy atom. The standard InChI is InChI=1S/C27H36N8OS.C26H35N7O2S.C24H32N8OS.8H2/c1-5-25(36)28-19-7-9-21(10-8-19)37-26-30-22(29-23-15-18(2)32-33-23)16-24(31-26)34-14-11-20(17-34)35-13-6-12-27(35,3)4;1-6-23(34)27-18-7-9-19(10-8-18)36-24-29-20(28-21-13-17(2)31-32-21)14-22(30-24)33-12-11-26(35,16-33)15-25(3,4)5;1-5-23(33)26-17-6-8-19(9-7-17)34-24-28-20(27-21-12-16(4)30-31-21)13-22(29-24)32-11-10-18(14-32)25-15(2)3;;;;;;;;/h7-10,15-16,20H,5-6,11-14,17H2,1-4H3,(H,28,36)(H2,29,30,31,32,33);7-10,13-14,35H,6,11-12,15-16H2,1-5H3,(H,27,34)(H2,28,29,30,31,32);6-9,12-13,15,18,25H,5,10-11,14H2,1-4H3,(H,26,33)(H2,27,28,29,30,31);8*1H/t;;18-;;;;;;;;/m..1......../s1. The monoisotopic (exact) mass is 1530 g/mol. The van der Waals surface area contributed by atoms with Gasteiger partial charge in [0.2, 0.25) is 17.7 Å². The fourth-order valence-corrected chi connectivity index (χ4v) is 15.8. The Labute approximate surface area is 652 Å². The topological polar surface area (TPSA) is 332 Å².